The summed E-state index contributed by atoms with van der Waals surface area (Å²) in [7, 11) is 1.83. The highest BCUT2D eigenvalue weighted by Crippen LogP contribution is 2.13. The average Bonchev–Trinajstić information content (AvgIpc) is 2.32. The van der Waals surface area contributed by atoms with Crippen LogP contribution in [0.25, 0.3) is 0 Å². The van der Waals surface area contributed by atoms with Gasteiger partial charge in [0.2, 0.25) is 5.91 Å². The molecule has 17 heavy (non-hydrogen) atoms. The molecule has 3 nitrogen and oxygen atoms in total. The molecule has 0 aliphatic heterocycles. The molecule has 0 unspecified atom stereocenters. The number of hydrogen-bond acceptors (Lipinski definition) is 3. The summed E-state index contributed by atoms with van der Waals surface area (Å²) in [5.74, 6) is 1.56. The zero-order valence-corrected chi connectivity index (χ0v) is 11.4. The van der Waals surface area contributed by atoms with Crippen molar-refractivity contribution in [2.24, 2.45) is 0 Å². The molecular formula is C13H19NO2S. The molecule has 0 radical (unpaired) electrons. The number of carbonyl (C=O) groups is 1. The maximum absolute atomic E-state index is 11.6. The van der Waals surface area contributed by atoms with Gasteiger partial charge in [-0.25, -0.2) is 0 Å². The summed E-state index contributed by atoms with van der Waals surface area (Å²) in [4.78, 5) is 13.3. The highest BCUT2D eigenvalue weighted by atomic mass is 32.2. The van der Waals surface area contributed by atoms with Gasteiger partial charge in [0.15, 0.2) is 0 Å². The maximum atomic E-state index is 11.6. The monoisotopic (exact) mass is 253 g/mol. The number of carbonyl (C=O) groups excluding carboxylic acids is 1. The minimum absolute atomic E-state index is 0.159. The van der Waals surface area contributed by atoms with Crippen molar-refractivity contribution >= 4 is 17.7 Å². The van der Waals surface area contributed by atoms with Gasteiger partial charge < -0.3 is 9.64 Å². The minimum Gasteiger partial charge on any atom is -0.494 e. The molecule has 0 bridgehead atoms. The zero-order valence-electron chi connectivity index (χ0n) is 10.6. The fourth-order valence-corrected chi connectivity index (χ4v) is 1.92. The highest BCUT2D eigenvalue weighted by Gasteiger charge is 2.07. The zero-order chi connectivity index (χ0) is 12.7. The van der Waals surface area contributed by atoms with Crippen molar-refractivity contribution in [2.45, 2.75) is 13.5 Å². The van der Waals surface area contributed by atoms with Crippen LogP contribution >= 0.6 is 11.8 Å². The fraction of sp³-hybridized carbons (Fsp3) is 0.462. The Morgan fingerprint density at radius 1 is 1.35 bits per heavy atom. The predicted octanol–water partition coefficient (Wildman–Crippen LogP) is 2.41. The van der Waals surface area contributed by atoms with Crippen molar-refractivity contribution in [3.63, 3.8) is 0 Å². The molecule has 0 fully saturated rings. The van der Waals surface area contributed by atoms with E-state index in [0.717, 1.165) is 11.3 Å². The summed E-state index contributed by atoms with van der Waals surface area (Å²) < 4.78 is 5.37. The molecule has 0 aromatic heterocycles. The first-order chi connectivity index (χ1) is 8.17. The molecular weight excluding hydrogens is 234 g/mol. The Bertz CT molecular complexity index is 351. The Morgan fingerprint density at radius 2 is 2.00 bits per heavy atom. The molecule has 0 atom stereocenters. The van der Waals surface area contributed by atoms with Crippen molar-refractivity contribution < 1.29 is 9.53 Å². The van der Waals surface area contributed by atoms with Crippen LogP contribution in [0.2, 0.25) is 0 Å². The molecule has 0 saturated heterocycles. The van der Waals surface area contributed by atoms with Crippen LogP contribution in [0.15, 0.2) is 24.3 Å². The molecule has 1 aromatic carbocycles. The predicted molar refractivity (Wildman–Crippen MR) is 72.5 cm³/mol. The number of amides is 1. The third-order valence-electron chi connectivity index (χ3n) is 2.35. The van der Waals surface area contributed by atoms with E-state index in [1.54, 1.807) is 16.7 Å². The topological polar surface area (TPSA) is 29.5 Å². The average molecular weight is 253 g/mol. The Hall–Kier alpha value is -1.16. The summed E-state index contributed by atoms with van der Waals surface area (Å²) in [6.45, 7) is 3.28. The van der Waals surface area contributed by atoms with E-state index < -0.39 is 0 Å². The van der Waals surface area contributed by atoms with Crippen LogP contribution in [0.1, 0.15) is 12.5 Å². The van der Waals surface area contributed by atoms with Gasteiger partial charge in [-0.1, -0.05) is 12.1 Å². The van der Waals surface area contributed by atoms with Crippen LogP contribution in [0, 0.1) is 0 Å². The van der Waals surface area contributed by atoms with Gasteiger partial charge in [0.1, 0.15) is 5.75 Å². The SMILES string of the molecule is CCOc1ccc(CN(C)C(=O)CSC)cc1. The van der Waals surface area contributed by atoms with Gasteiger partial charge >= 0.3 is 0 Å². The third kappa shape index (κ3) is 4.69. The Morgan fingerprint density at radius 3 is 2.53 bits per heavy atom. The Labute approximate surface area is 107 Å². The first kappa shape index (κ1) is 13.9. The summed E-state index contributed by atoms with van der Waals surface area (Å²) in [5.41, 5.74) is 1.12. The minimum atomic E-state index is 0.159. The summed E-state index contributed by atoms with van der Waals surface area (Å²) in [6.07, 6.45) is 1.93. The van der Waals surface area contributed by atoms with Gasteiger partial charge in [0.05, 0.1) is 12.4 Å². The van der Waals surface area contributed by atoms with Crippen LogP contribution in [-0.4, -0.2) is 36.5 Å². The van der Waals surface area contributed by atoms with E-state index >= 15 is 0 Å². The second-order valence-electron chi connectivity index (χ2n) is 3.76. The Kier molecular flexibility index (Phi) is 5.91. The quantitative estimate of drug-likeness (QED) is 0.779. The number of thioether (sulfide) groups is 1. The van der Waals surface area contributed by atoms with E-state index in [2.05, 4.69) is 0 Å². The smallest absolute Gasteiger partial charge is 0.232 e. The summed E-state index contributed by atoms with van der Waals surface area (Å²) in [5, 5.41) is 0. The lowest BCUT2D eigenvalue weighted by Crippen LogP contribution is -2.27. The van der Waals surface area contributed by atoms with Gasteiger partial charge in [-0.05, 0) is 30.9 Å². The number of benzene rings is 1. The van der Waals surface area contributed by atoms with Crippen molar-refractivity contribution in [3.05, 3.63) is 29.8 Å². The summed E-state index contributed by atoms with van der Waals surface area (Å²) in [6, 6.07) is 7.86. The largest absolute Gasteiger partial charge is 0.494 e. The molecule has 4 heteroatoms. The van der Waals surface area contributed by atoms with Gasteiger partial charge in [0, 0.05) is 13.6 Å². The second kappa shape index (κ2) is 7.22. The van der Waals surface area contributed by atoms with E-state index in [1.807, 2.05) is 44.5 Å². The molecule has 0 aliphatic carbocycles. The van der Waals surface area contributed by atoms with E-state index in [4.69, 9.17) is 4.74 Å². The van der Waals surface area contributed by atoms with Gasteiger partial charge in [-0.3, -0.25) is 4.79 Å². The molecule has 0 saturated carbocycles. The van der Waals surface area contributed by atoms with Crippen molar-refractivity contribution in [1.29, 1.82) is 0 Å². The lowest BCUT2D eigenvalue weighted by Gasteiger charge is -2.16. The van der Waals surface area contributed by atoms with E-state index in [1.165, 1.54) is 0 Å². The van der Waals surface area contributed by atoms with Crippen LogP contribution in [-0.2, 0) is 11.3 Å². The first-order valence-corrected chi connectivity index (χ1v) is 7.01. The number of ether oxygens (including phenoxy) is 1. The lowest BCUT2D eigenvalue weighted by atomic mass is 10.2. The lowest BCUT2D eigenvalue weighted by molar-refractivity contribution is -0.127. The Balaban J connectivity index is 2.53. The maximum Gasteiger partial charge on any atom is 0.232 e. The third-order valence-corrected chi connectivity index (χ3v) is 2.88. The van der Waals surface area contributed by atoms with Gasteiger partial charge in [0.25, 0.3) is 0 Å². The molecule has 0 spiro atoms. The molecule has 0 N–H and O–H groups in total. The van der Waals surface area contributed by atoms with Crippen molar-refractivity contribution in [3.8, 4) is 5.75 Å². The second-order valence-corrected chi connectivity index (χ2v) is 4.63. The van der Waals surface area contributed by atoms with Gasteiger partial charge in [-0.2, -0.15) is 11.8 Å². The normalized spacial score (nSPS) is 10.1. The molecule has 0 heterocycles. The standard InChI is InChI=1S/C13H19NO2S/c1-4-16-12-7-5-11(6-8-12)9-14(2)13(15)10-17-3/h5-8H,4,9-10H2,1-3H3. The summed E-state index contributed by atoms with van der Waals surface area (Å²) >= 11 is 1.55. The number of nitrogens with zero attached hydrogens (tertiary/aromatic N) is 1. The number of hydrogen-bond donors (Lipinski definition) is 0. The van der Waals surface area contributed by atoms with E-state index in [0.29, 0.717) is 18.9 Å². The molecule has 1 amide bonds. The number of rotatable bonds is 6. The van der Waals surface area contributed by atoms with Crippen LogP contribution in [0.5, 0.6) is 5.75 Å². The highest BCUT2D eigenvalue weighted by molar-refractivity contribution is 7.99. The van der Waals surface area contributed by atoms with Crippen molar-refractivity contribution in [2.75, 3.05) is 25.7 Å². The first-order valence-electron chi connectivity index (χ1n) is 5.62. The van der Waals surface area contributed by atoms with Crippen LogP contribution < -0.4 is 4.74 Å². The van der Waals surface area contributed by atoms with E-state index in [-0.39, 0.29) is 5.91 Å². The van der Waals surface area contributed by atoms with Gasteiger partial charge in [-0.15, -0.1) is 0 Å². The molecule has 0 aliphatic rings. The van der Waals surface area contributed by atoms with Crippen molar-refractivity contribution in [1.82, 2.24) is 4.90 Å². The molecule has 94 valence electrons. The fourth-order valence-electron chi connectivity index (χ4n) is 1.45. The van der Waals surface area contributed by atoms with Crippen LogP contribution in [0.4, 0.5) is 0 Å². The molecule has 1 rings (SSSR count). The van der Waals surface area contributed by atoms with Crippen LogP contribution in [0.3, 0.4) is 0 Å². The van der Waals surface area contributed by atoms with E-state index in [9.17, 15) is 4.79 Å². The molecule has 1 aromatic rings.